The van der Waals surface area contributed by atoms with E-state index in [-0.39, 0.29) is 4.13 Å². The van der Waals surface area contributed by atoms with Gasteiger partial charge in [0.25, 0.3) is 0 Å². The molecule has 13 heavy (non-hydrogen) atoms. The zero-order valence-corrected chi connectivity index (χ0v) is 7.79. The van der Waals surface area contributed by atoms with E-state index in [4.69, 9.17) is 0 Å². The van der Waals surface area contributed by atoms with E-state index in [0.29, 0.717) is 0 Å². The maximum atomic E-state index is 11.5. The zero-order chi connectivity index (χ0) is 10.9. The predicted molar refractivity (Wildman–Crippen MR) is 33.2 cm³/mol. The van der Waals surface area contributed by atoms with E-state index in [1.165, 1.54) is 0 Å². The van der Waals surface area contributed by atoms with Crippen LogP contribution in [0.1, 0.15) is 0 Å². The SMILES string of the molecule is O=S(=O)(F)NS(=O)(=O)OS(=O)(=O)F. The summed E-state index contributed by atoms with van der Waals surface area (Å²) in [5, 5.41) is 0. The Hall–Kier alpha value is -0.370. The van der Waals surface area contributed by atoms with Crippen LogP contribution in [0.3, 0.4) is 0 Å². The Balaban J connectivity index is 4.86. The quantitative estimate of drug-likeness (QED) is 0.596. The molecule has 0 saturated heterocycles. The van der Waals surface area contributed by atoms with Crippen LogP contribution in [0.2, 0.25) is 0 Å². The summed E-state index contributed by atoms with van der Waals surface area (Å²) in [6.45, 7) is 0. The largest absolute Gasteiger partial charge is 0.453 e. The number of hydrogen-bond donors (Lipinski definition) is 1. The lowest BCUT2D eigenvalue weighted by molar-refractivity contribution is 0.425. The van der Waals surface area contributed by atoms with Crippen molar-refractivity contribution < 1.29 is 36.7 Å². The molecule has 80 valence electrons. The number of rotatable bonds is 4. The van der Waals surface area contributed by atoms with Gasteiger partial charge in [0.05, 0.1) is 0 Å². The van der Waals surface area contributed by atoms with Crippen molar-refractivity contribution in [2.75, 3.05) is 0 Å². The van der Waals surface area contributed by atoms with E-state index in [1.807, 2.05) is 0 Å². The van der Waals surface area contributed by atoms with Gasteiger partial charge >= 0.3 is 31.2 Å². The van der Waals surface area contributed by atoms with Crippen molar-refractivity contribution in [3.05, 3.63) is 0 Å². The highest BCUT2D eigenvalue weighted by Gasteiger charge is 2.27. The molecule has 0 radical (unpaired) electrons. The van der Waals surface area contributed by atoms with Crippen LogP contribution in [-0.4, -0.2) is 25.3 Å². The standard InChI is InChI=1S/F2HNO7S3/c1-11(4,5)3-13(8,9)10-12(2,6)7/h3H. The third kappa shape index (κ3) is 7.97. The Morgan fingerprint density at radius 3 is 1.54 bits per heavy atom. The van der Waals surface area contributed by atoms with Gasteiger partial charge in [0.1, 0.15) is 0 Å². The van der Waals surface area contributed by atoms with Gasteiger partial charge in [-0.1, -0.05) is 11.9 Å². The second-order valence-electron chi connectivity index (χ2n) is 1.44. The maximum absolute atomic E-state index is 11.5. The van der Waals surface area contributed by atoms with Crippen molar-refractivity contribution in [2.24, 2.45) is 0 Å². The van der Waals surface area contributed by atoms with E-state index in [2.05, 4.69) is 3.63 Å². The Bertz CT molecular complexity index is 426. The first-order chi connectivity index (χ1) is 5.41. The molecule has 0 rings (SSSR count). The average Bonchev–Trinajstić information content (AvgIpc) is 1.43. The van der Waals surface area contributed by atoms with Gasteiger partial charge in [-0.2, -0.15) is 25.3 Å². The van der Waals surface area contributed by atoms with Gasteiger partial charge in [-0.25, -0.2) is 0 Å². The third-order valence-corrected chi connectivity index (χ3v) is 3.35. The third-order valence-electron chi connectivity index (χ3n) is 0.372. The molecule has 0 aromatic heterocycles. The summed E-state index contributed by atoms with van der Waals surface area (Å²) in [5.41, 5.74) is 0. The van der Waals surface area contributed by atoms with Gasteiger partial charge in [0, 0.05) is 0 Å². The first kappa shape index (κ1) is 12.6. The Labute approximate surface area is 72.5 Å². The molecule has 0 aliphatic rings. The fourth-order valence-corrected chi connectivity index (χ4v) is 2.44. The molecular weight excluding hydrogens is 260 g/mol. The van der Waals surface area contributed by atoms with Gasteiger partial charge in [-0.3, -0.25) is 0 Å². The molecule has 0 atom stereocenters. The fraction of sp³-hybridized carbons (Fsp3) is 0. The van der Waals surface area contributed by atoms with Crippen LogP contribution >= 0.6 is 0 Å². The van der Waals surface area contributed by atoms with Gasteiger partial charge in [0.15, 0.2) is 0 Å². The maximum Gasteiger partial charge on any atom is 0.453 e. The van der Waals surface area contributed by atoms with Crippen LogP contribution in [0.25, 0.3) is 0 Å². The highest BCUT2D eigenvalue weighted by molar-refractivity contribution is 8.04. The minimum Gasteiger partial charge on any atom is -0.179 e. The van der Waals surface area contributed by atoms with Crippen LogP contribution in [0.5, 0.6) is 0 Å². The molecule has 0 aliphatic heterocycles. The molecule has 0 spiro atoms. The van der Waals surface area contributed by atoms with Crippen LogP contribution in [0.15, 0.2) is 0 Å². The summed E-state index contributed by atoms with van der Waals surface area (Å²) >= 11 is 0. The summed E-state index contributed by atoms with van der Waals surface area (Å²) in [4.78, 5) is 0. The molecule has 0 saturated carbocycles. The first-order valence-electron chi connectivity index (χ1n) is 2.05. The fourth-order valence-electron chi connectivity index (χ4n) is 0.243. The minimum atomic E-state index is -5.94. The molecule has 13 heteroatoms. The summed E-state index contributed by atoms with van der Waals surface area (Å²) < 4.78 is 84.0. The first-order valence-corrected chi connectivity index (χ1v) is 6.15. The lowest BCUT2D eigenvalue weighted by atomic mass is 13.9. The van der Waals surface area contributed by atoms with Crippen LogP contribution < -0.4 is 4.13 Å². The monoisotopic (exact) mass is 261 g/mol. The highest BCUT2D eigenvalue weighted by atomic mass is 32.3. The predicted octanol–water partition coefficient (Wildman–Crippen LogP) is -1.73. The van der Waals surface area contributed by atoms with Gasteiger partial charge in [0.2, 0.25) is 0 Å². The van der Waals surface area contributed by atoms with E-state index in [0.717, 1.165) is 0 Å². The second-order valence-corrected chi connectivity index (χ2v) is 5.22. The molecule has 0 bridgehead atoms. The van der Waals surface area contributed by atoms with E-state index in [1.54, 1.807) is 0 Å². The van der Waals surface area contributed by atoms with Crippen molar-refractivity contribution in [3.8, 4) is 0 Å². The Kier molecular flexibility index (Phi) is 3.31. The minimum absolute atomic E-state index is 0.0884. The molecule has 0 aliphatic carbocycles. The lowest BCUT2D eigenvalue weighted by Crippen LogP contribution is -2.30. The molecular formula is HF2NO7S3. The van der Waals surface area contributed by atoms with Gasteiger partial charge in [-0.15, -0.1) is 3.63 Å². The van der Waals surface area contributed by atoms with Crippen molar-refractivity contribution in [1.29, 1.82) is 0 Å². The van der Waals surface area contributed by atoms with Crippen LogP contribution in [-0.2, 0) is 34.8 Å². The Morgan fingerprint density at radius 1 is 0.923 bits per heavy atom. The molecule has 8 nitrogen and oxygen atoms in total. The highest BCUT2D eigenvalue weighted by Crippen LogP contribution is 2.01. The number of hydrogen-bond acceptors (Lipinski definition) is 7. The molecule has 1 N–H and O–H groups in total. The van der Waals surface area contributed by atoms with E-state index >= 15 is 0 Å². The van der Waals surface area contributed by atoms with E-state index < -0.39 is 31.2 Å². The van der Waals surface area contributed by atoms with Crippen molar-refractivity contribution in [3.63, 3.8) is 0 Å². The van der Waals surface area contributed by atoms with Crippen molar-refractivity contribution >= 4 is 31.2 Å². The molecule has 0 unspecified atom stereocenters. The summed E-state index contributed by atoms with van der Waals surface area (Å²) in [5.74, 6) is 0. The topological polar surface area (TPSA) is 124 Å². The van der Waals surface area contributed by atoms with Crippen LogP contribution in [0.4, 0.5) is 7.77 Å². The molecule has 0 amide bonds. The summed E-state index contributed by atoms with van der Waals surface area (Å²) in [7, 11) is -17.3. The second kappa shape index (κ2) is 3.41. The molecule has 0 fully saturated rings. The molecule has 0 aromatic rings. The number of halogens is 2. The van der Waals surface area contributed by atoms with Gasteiger partial charge in [-0.05, 0) is 0 Å². The van der Waals surface area contributed by atoms with Gasteiger partial charge < -0.3 is 0 Å². The van der Waals surface area contributed by atoms with Crippen molar-refractivity contribution in [1.82, 2.24) is 4.13 Å². The zero-order valence-electron chi connectivity index (χ0n) is 5.34. The van der Waals surface area contributed by atoms with Crippen molar-refractivity contribution in [2.45, 2.75) is 0 Å². The summed E-state index contributed by atoms with van der Waals surface area (Å²) in [6.07, 6.45) is 0. The lowest BCUT2D eigenvalue weighted by Gasteiger charge is -1.97. The molecule has 0 aromatic carbocycles. The smallest absolute Gasteiger partial charge is 0.179 e. The summed E-state index contributed by atoms with van der Waals surface area (Å²) in [6, 6.07) is 0. The normalized spacial score (nSPS) is 14.3. The van der Waals surface area contributed by atoms with E-state index in [9.17, 15) is 33.0 Å². The number of nitrogens with one attached hydrogen (secondary N) is 1. The Morgan fingerprint density at radius 2 is 1.31 bits per heavy atom. The molecule has 0 heterocycles. The average molecular weight is 261 g/mol. The van der Waals surface area contributed by atoms with Crippen LogP contribution in [0, 0.1) is 0 Å².